The lowest BCUT2D eigenvalue weighted by Crippen LogP contribution is -2.25. The van der Waals surface area contributed by atoms with Crippen molar-refractivity contribution in [3.8, 4) is 17.1 Å². The summed E-state index contributed by atoms with van der Waals surface area (Å²) in [7, 11) is 1.56. The van der Waals surface area contributed by atoms with Gasteiger partial charge in [-0.1, -0.05) is 12.1 Å². The summed E-state index contributed by atoms with van der Waals surface area (Å²) in [6, 6.07) is 14.2. The molecule has 0 saturated carbocycles. The van der Waals surface area contributed by atoms with E-state index in [2.05, 4.69) is 4.98 Å². The maximum absolute atomic E-state index is 12.8. The molecule has 23 heavy (non-hydrogen) atoms. The summed E-state index contributed by atoms with van der Waals surface area (Å²) in [4.78, 5) is 28.5. The molecule has 2 aromatic carbocycles. The van der Waals surface area contributed by atoms with Crippen molar-refractivity contribution in [3.63, 3.8) is 0 Å². The molecule has 1 N–H and O–H groups in total. The Morgan fingerprint density at radius 3 is 2.43 bits per heavy atom. The first-order valence-corrected chi connectivity index (χ1v) is 7.09. The molecular weight excluding hydrogens is 294 g/mol. The number of methoxy groups -OCH3 is 1. The van der Waals surface area contributed by atoms with Gasteiger partial charge in [-0.15, -0.1) is 0 Å². The first-order valence-electron chi connectivity index (χ1n) is 7.09. The van der Waals surface area contributed by atoms with Crippen LogP contribution in [0.3, 0.4) is 0 Å². The number of ether oxygens (including phenoxy) is 1. The molecule has 6 nitrogen and oxygen atoms in total. The second-order valence-electron chi connectivity index (χ2n) is 5.15. The second-order valence-corrected chi connectivity index (χ2v) is 5.15. The maximum atomic E-state index is 12.8. The van der Waals surface area contributed by atoms with E-state index in [4.69, 9.17) is 4.74 Å². The van der Waals surface area contributed by atoms with Crippen molar-refractivity contribution in [3.05, 3.63) is 75.6 Å². The average molecular weight is 307 g/mol. The van der Waals surface area contributed by atoms with Crippen LogP contribution in [-0.2, 0) is 0 Å². The van der Waals surface area contributed by atoms with Crippen LogP contribution in [0.5, 0.6) is 5.75 Å². The predicted octanol–water partition coefficient (Wildman–Crippen LogP) is 1.92. The fourth-order valence-electron chi connectivity index (χ4n) is 2.75. The van der Waals surface area contributed by atoms with E-state index in [0.717, 1.165) is 10.1 Å². The highest BCUT2D eigenvalue weighted by molar-refractivity contribution is 5.77. The van der Waals surface area contributed by atoms with Gasteiger partial charge in [0.2, 0.25) is 0 Å². The zero-order valence-electron chi connectivity index (χ0n) is 12.3. The Morgan fingerprint density at radius 1 is 0.957 bits per heavy atom. The molecule has 0 saturated heterocycles. The van der Waals surface area contributed by atoms with Gasteiger partial charge in [0.05, 0.1) is 23.8 Å². The lowest BCUT2D eigenvalue weighted by Gasteiger charge is -2.05. The van der Waals surface area contributed by atoms with Gasteiger partial charge < -0.3 is 9.72 Å². The molecule has 0 aromatic heterocycles. The largest absolute Gasteiger partial charge is 0.497 e. The van der Waals surface area contributed by atoms with E-state index in [1.54, 1.807) is 43.6 Å². The van der Waals surface area contributed by atoms with Crippen molar-refractivity contribution in [1.29, 1.82) is 0 Å². The fraction of sp³-hybridized carbons (Fsp3) is 0.0588. The summed E-state index contributed by atoms with van der Waals surface area (Å²) in [6.45, 7) is 0. The average Bonchev–Trinajstić information content (AvgIpc) is 2.86. The molecule has 2 aliphatic rings. The molecule has 6 heteroatoms. The van der Waals surface area contributed by atoms with Crippen molar-refractivity contribution < 1.29 is 4.74 Å². The smallest absolute Gasteiger partial charge is 0.341 e. The van der Waals surface area contributed by atoms with E-state index in [-0.39, 0.29) is 11.2 Å². The zero-order valence-corrected chi connectivity index (χ0v) is 12.3. The van der Waals surface area contributed by atoms with Crippen molar-refractivity contribution >= 4 is 11.0 Å². The molecule has 0 bridgehead atoms. The number of para-hydroxylation sites is 2. The van der Waals surface area contributed by atoms with E-state index in [9.17, 15) is 9.59 Å². The first kappa shape index (κ1) is 13.4. The molecule has 0 amide bonds. The van der Waals surface area contributed by atoms with Crippen LogP contribution in [0.4, 0.5) is 0 Å². The summed E-state index contributed by atoms with van der Waals surface area (Å²) in [5, 5.41) is 0. The highest BCUT2D eigenvalue weighted by Crippen LogP contribution is 2.17. The maximum Gasteiger partial charge on any atom is 0.341 e. The predicted molar refractivity (Wildman–Crippen MR) is 87.2 cm³/mol. The zero-order chi connectivity index (χ0) is 16.0. The van der Waals surface area contributed by atoms with Gasteiger partial charge in [-0.3, -0.25) is 9.36 Å². The lowest BCUT2D eigenvalue weighted by atomic mass is 10.3. The minimum absolute atomic E-state index is 0.310. The minimum Gasteiger partial charge on any atom is -0.497 e. The standard InChI is InChI=1S/C17H13N3O3/c1-23-12-8-6-11(7-9-12)19-16(21)15-10-18-13-4-2-3-5-14(13)20(15)17(19)22/h2-10,18H,1H3. The van der Waals surface area contributed by atoms with Crippen molar-refractivity contribution in [1.82, 2.24) is 14.1 Å². The quantitative estimate of drug-likeness (QED) is 0.615. The third kappa shape index (κ3) is 1.88. The van der Waals surface area contributed by atoms with Crippen LogP contribution < -0.4 is 16.0 Å². The Kier molecular flexibility index (Phi) is 2.84. The summed E-state index contributed by atoms with van der Waals surface area (Å²) < 4.78 is 7.70. The van der Waals surface area contributed by atoms with Gasteiger partial charge >= 0.3 is 5.69 Å². The third-order valence-electron chi connectivity index (χ3n) is 3.89. The number of hydrogen-bond donors (Lipinski definition) is 1. The monoisotopic (exact) mass is 307 g/mol. The Hall–Kier alpha value is -3.28. The molecule has 114 valence electrons. The van der Waals surface area contributed by atoms with Crippen LogP contribution in [0.25, 0.3) is 22.4 Å². The number of hydrogen-bond acceptors (Lipinski definition) is 3. The summed E-state index contributed by atoms with van der Waals surface area (Å²) >= 11 is 0. The highest BCUT2D eigenvalue weighted by atomic mass is 16.5. The number of nitrogens with zero attached hydrogens (tertiary/aromatic N) is 2. The molecule has 2 aromatic rings. The number of H-pyrrole nitrogens is 1. The molecule has 0 spiro atoms. The molecule has 0 aliphatic carbocycles. The van der Waals surface area contributed by atoms with Gasteiger partial charge in [0.15, 0.2) is 0 Å². The number of nitrogens with one attached hydrogen (secondary N) is 1. The summed E-state index contributed by atoms with van der Waals surface area (Å²) in [5.41, 5.74) is 1.52. The number of benzene rings is 2. The second kappa shape index (κ2) is 4.88. The number of fused-ring (bicyclic) bond motifs is 3. The molecule has 2 heterocycles. The van der Waals surface area contributed by atoms with Crippen molar-refractivity contribution in [2.24, 2.45) is 0 Å². The van der Waals surface area contributed by atoms with Gasteiger partial charge in [0.25, 0.3) is 5.56 Å². The number of rotatable bonds is 2. The van der Waals surface area contributed by atoms with Gasteiger partial charge in [0.1, 0.15) is 11.4 Å². The van der Waals surface area contributed by atoms with Crippen LogP contribution in [0.1, 0.15) is 0 Å². The van der Waals surface area contributed by atoms with E-state index < -0.39 is 0 Å². The Morgan fingerprint density at radius 2 is 1.70 bits per heavy atom. The Balaban J connectivity index is 2.08. The normalized spacial score (nSPS) is 11.2. The fourth-order valence-corrected chi connectivity index (χ4v) is 2.75. The van der Waals surface area contributed by atoms with E-state index in [1.165, 1.54) is 4.57 Å². The van der Waals surface area contributed by atoms with Gasteiger partial charge in [-0.05, 0) is 36.4 Å². The number of aromatic nitrogens is 3. The molecule has 4 rings (SSSR count). The number of imidazole rings is 1. The molecule has 0 unspecified atom stereocenters. The van der Waals surface area contributed by atoms with Crippen LogP contribution in [-0.4, -0.2) is 21.2 Å². The van der Waals surface area contributed by atoms with Crippen molar-refractivity contribution in [2.45, 2.75) is 0 Å². The topological polar surface area (TPSA) is 69.0 Å². The van der Waals surface area contributed by atoms with Crippen molar-refractivity contribution in [2.75, 3.05) is 7.11 Å². The molecule has 0 atom stereocenters. The molecule has 0 radical (unpaired) electrons. The third-order valence-corrected chi connectivity index (χ3v) is 3.89. The first-order chi connectivity index (χ1) is 11.2. The van der Waals surface area contributed by atoms with E-state index in [0.29, 0.717) is 22.6 Å². The SMILES string of the molecule is COc1ccc(-n2c(=O)c3c[nH]c4ccccc4n-3c2=O)cc1. The summed E-state index contributed by atoms with van der Waals surface area (Å²) in [5.74, 6) is 0.664. The van der Waals surface area contributed by atoms with Gasteiger partial charge in [-0.2, -0.15) is 0 Å². The van der Waals surface area contributed by atoms with Crippen LogP contribution >= 0.6 is 0 Å². The molecular formula is C17H13N3O3. The van der Waals surface area contributed by atoms with Crippen LogP contribution in [0, 0.1) is 0 Å². The van der Waals surface area contributed by atoms with Gasteiger partial charge in [-0.25, -0.2) is 9.36 Å². The van der Waals surface area contributed by atoms with Crippen LogP contribution in [0.15, 0.2) is 64.3 Å². The summed E-state index contributed by atoms with van der Waals surface area (Å²) in [6.07, 6.45) is 1.56. The number of aromatic amines is 1. The van der Waals surface area contributed by atoms with E-state index in [1.807, 2.05) is 18.2 Å². The van der Waals surface area contributed by atoms with Crippen LogP contribution in [0.2, 0.25) is 0 Å². The Bertz CT molecular complexity index is 1090. The molecule has 2 aliphatic heterocycles. The van der Waals surface area contributed by atoms with Gasteiger partial charge in [0, 0.05) is 6.20 Å². The molecule has 0 fully saturated rings. The highest BCUT2D eigenvalue weighted by Gasteiger charge is 2.20. The lowest BCUT2D eigenvalue weighted by molar-refractivity contribution is 0.414. The minimum atomic E-state index is -0.389. The Labute approximate surface area is 130 Å². The van der Waals surface area contributed by atoms with E-state index >= 15 is 0 Å².